The summed E-state index contributed by atoms with van der Waals surface area (Å²) in [6.45, 7) is 0. The average molecular weight is 454 g/mol. The van der Waals surface area contributed by atoms with Gasteiger partial charge in [-0.1, -0.05) is 0 Å². The second kappa shape index (κ2) is 10.4. The smallest absolute Gasteiger partial charge is 0.471 e. The molecule has 11 heteroatoms. The molecule has 2 rings (SSSR count). The average Bonchev–Trinajstić information content (AvgIpc) is 2.76. The number of hydrogen-bond acceptors (Lipinski definition) is 6. The quantitative estimate of drug-likeness (QED) is 0.588. The van der Waals surface area contributed by atoms with Crippen LogP contribution in [0.2, 0.25) is 0 Å². The van der Waals surface area contributed by atoms with E-state index in [1.807, 2.05) is 0 Å². The van der Waals surface area contributed by atoms with Gasteiger partial charge in [0.15, 0.2) is 0 Å². The summed E-state index contributed by atoms with van der Waals surface area (Å²) in [4.78, 5) is 23.6. The van der Waals surface area contributed by atoms with E-state index in [4.69, 9.17) is 18.9 Å². The minimum absolute atomic E-state index is 0.0103. The Balaban J connectivity index is 2.24. The van der Waals surface area contributed by atoms with Gasteiger partial charge in [0.2, 0.25) is 5.91 Å². The Morgan fingerprint density at radius 2 is 1.44 bits per heavy atom. The molecule has 0 heterocycles. The Morgan fingerprint density at radius 1 is 0.844 bits per heavy atom. The van der Waals surface area contributed by atoms with Gasteiger partial charge < -0.3 is 29.6 Å². The molecule has 0 bridgehead atoms. The molecule has 0 fully saturated rings. The molecule has 8 nitrogen and oxygen atoms in total. The molecule has 0 atom stereocenters. The summed E-state index contributed by atoms with van der Waals surface area (Å²) in [5.74, 6) is -1.49. The molecule has 2 aromatic rings. The second-order valence-electron chi connectivity index (χ2n) is 6.14. The second-order valence-corrected chi connectivity index (χ2v) is 6.14. The van der Waals surface area contributed by atoms with Crippen molar-refractivity contribution in [3.63, 3.8) is 0 Å². The number of rotatable bonds is 8. The van der Waals surface area contributed by atoms with Crippen molar-refractivity contribution in [1.82, 2.24) is 0 Å². The van der Waals surface area contributed by atoms with Gasteiger partial charge in [-0.25, -0.2) is 0 Å². The molecule has 0 aliphatic carbocycles. The van der Waals surface area contributed by atoms with Crippen LogP contribution in [-0.4, -0.2) is 46.4 Å². The van der Waals surface area contributed by atoms with Crippen molar-refractivity contribution >= 4 is 29.3 Å². The lowest BCUT2D eigenvalue weighted by molar-refractivity contribution is -0.167. The fourth-order valence-electron chi connectivity index (χ4n) is 2.62. The van der Waals surface area contributed by atoms with Gasteiger partial charge in [0, 0.05) is 23.9 Å². The lowest BCUT2D eigenvalue weighted by atomic mass is 10.1. The van der Waals surface area contributed by atoms with Gasteiger partial charge in [-0.3, -0.25) is 9.59 Å². The maximum atomic E-state index is 12.6. The fraction of sp³-hybridized carbons (Fsp3) is 0.238. The Kier molecular flexibility index (Phi) is 7.94. The lowest BCUT2D eigenvalue weighted by Gasteiger charge is -2.14. The van der Waals surface area contributed by atoms with E-state index in [0.29, 0.717) is 22.8 Å². The molecular formula is C21H21F3N2O6. The molecule has 0 aliphatic heterocycles. The fourth-order valence-corrected chi connectivity index (χ4v) is 2.62. The normalized spacial score (nSPS) is 11.1. The number of ether oxygens (including phenoxy) is 4. The minimum Gasteiger partial charge on any atom is -0.496 e. The standard InChI is InChI=1S/C21H21F3N2O6/c1-29-13-10-17(31-3)14(18(11-13)32-4)6-8-19(27)25-12-5-7-16(30-2)15(9-12)26-20(28)21(22,23)24/h5-11H,1-4H3,(H,25,27)(H,26,28). The predicted octanol–water partition coefficient (Wildman–Crippen LogP) is 3.87. The number of hydrogen-bond donors (Lipinski definition) is 2. The maximum Gasteiger partial charge on any atom is 0.471 e. The first-order valence-corrected chi connectivity index (χ1v) is 8.98. The highest BCUT2D eigenvalue weighted by Crippen LogP contribution is 2.35. The van der Waals surface area contributed by atoms with Crippen molar-refractivity contribution in [3.8, 4) is 23.0 Å². The van der Waals surface area contributed by atoms with Crippen molar-refractivity contribution < 1.29 is 41.7 Å². The van der Waals surface area contributed by atoms with E-state index in [0.717, 1.165) is 6.07 Å². The van der Waals surface area contributed by atoms with Gasteiger partial charge >= 0.3 is 12.1 Å². The molecule has 2 N–H and O–H groups in total. The molecule has 0 saturated heterocycles. The van der Waals surface area contributed by atoms with Gasteiger partial charge in [-0.2, -0.15) is 13.2 Å². The SMILES string of the molecule is COc1cc(OC)c(C=CC(=O)Nc2ccc(OC)c(NC(=O)C(F)(F)F)c2)c(OC)c1. The molecule has 2 amide bonds. The highest BCUT2D eigenvalue weighted by atomic mass is 19.4. The monoisotopic (exact) mass is 454 g/mol. The third kappa shape index (κ3) is 6.06. The Hall–Kier alpha value is -3.89. The molecule has 0 saturated carbocycles. The van der Waals surface area contributed by atoms with Crippen LogP contribution in [0.4, 0.5) is 24.5 Å². The summed E-state index contributed by atoms with van der Waals surface area (Å²) >= 11 is 0. The highest BCUT2D eigenvalue weighted by Gasteiger charge is 2.39. The first kappa shape index (κ1) is 24.4. The van der Waals surface area contributed by atoms with E-state index in [1.165, 1.54) is 52.7 Å². The number of alkyl halides is 3. The van der Waals surface area contributed by atoms with E-state index >= 15 is 0 Å². The van der Waals surface area contributed by atoms with E-state index in [2.05, 4.69) is 5.32 Å². The molecule has 0 aliphatic rings. The largest absolute Gasteiger partial charge is 0.496 e. The summed E-state index contributed by atoms with van der Waals surface area (Å²) in [7, 11) is 5.60. The molecule has 32 heavy (non-hydrogen) atoms. The number of methoxy groups -OCH3 is 4. The minimum atomic E-state index is -5.08. The van der Waals surface area contributed by atoms with Crippen LogP contribution >= 0.6 is 0 Å². The van der Waals surface area contributed by atoms with Gasteiger partial charge in [0.05, 0.1) is 39.7 Å². The van der Waals surface area contributed by atoms with Crippen LogP contribution in [-0.2, 0) is 9.59 Å². The molecule has 0 unspecified atom stereocenters. The number of nitrogens with one attached hydrogen (secondary N) is 2. The summed E-state index contributed by atoms with van der Waals surface area (Å²) in [5, 5.41) is 4.20. The van der Waals surface area contributed by atoms with Crippen LogP contribution in [0.5, 0.6) is 23.0 Å². The maximum absolute atomic E-state index is 12.6. The lowest BCUT2D eigenvalue weighted by Crippen LogP contribution is -2.30. The Bertz CT molecular complexity index is 996. The number of benzene rings is 2. The van der Waals surface area contributed by atoms with Crippen molar-refractivity contribution in [2.45, 2.75) is 6.18 Å². The molecule has 0 radical (unpaired) electrons. The molecule has 0 spiro atoms. The number of anilines is 2. The van der Waals surface area contributed by atoms with Gasteiger partial charge in [0.1, 0.15) is 23.0 Å². The zero-order chi connectivity index (χ0) is 23.9. The van der Waals surface area contributed by atoms with E-state index < -0.39 is 18.0 Å². The first-order valence-electron chi connectivity index (χ1n) is 8.98. The predicted molar refractivity (Wildman–Crippen MR) is 111 cm³/mol. The van der Waals surface area contributed by atoms with Crippen molar-refractivity contribution in [1.29, 1.82) is 0 Å². The van der Waals surface area contributed by atoms with Crippen molar-refractivity contribution in [3.05, 3.63) is 42.0 Å². The van der Waals surface area contributed by atoms with Gasteiger partial charge in [-0.05, 0) is 24.3 Å². The van der Waals surface area contributed by atoms with Crippen LogP contribution in [0.1, 0.15) is 5.56 Å². The van der Waals surface area contributed by atoms with E-state index in [9.17, 15) is 22.8 Å². The number of halogens is 3. The van der Waals surface area contributed by atoms with Gasteiger partial charge in [0.25, 0.3) is 0 Å². The summed E-state index contributed by atoms with van der Waals surface area (Å²) in [6.07, 6.45) is -2.45. The van der Waals surface area contributed by atoms with Crippen LogP contribution < -0.4 is 29.6 Å². The summed E-state index contributed by atoms with van der Waals surface area (Å²) < 4.78 is 58.4. The topological polar surface area (TPSA) is 95.1 Å². The number of amides is 2. The third-order valence-corrected chi connectivity index (χ3v) is 4.13. The number of carbonyl (C=O) groups excluding carboxylic acids is 2. The van der Waals surface area contributed by atoms with Crippen LogP contribution in [0.25, 0.3) is 6.08 Å². The van der Waals surface area contributed by atoms with Crippen LogP contribution in [0.15, 0.2) is 36.4 Å². The van der Waals surface area contributed by atoms with E-state index in [1.54, 1.807) is 17.4 Å². The molecular weight excluding hydrogens is 433 g/mol. The van der Waals surface area contributed by atoms with Crippen LogP contribution in [0.3, 0.4) is 0 Å². The van der Waals surface area contributed by atoms with Crippen LogP contribution in [0, 0.1) is 0 Å². The molecule has 172 valence electrons. The summed E-state index contributed by atoms with van der Waals surface area (Å²) in [6, 6.07) is 7.07. The Labute approximate surface area is 181 Å². The third-order valence-electron chi connectivity index (χ3n) is 4.13. The van der Waals surface area contributed by atoms with E-state index in [-0.39, 0.29) is 17.1 Å². The molecule has 0 aromatic heterocycles. The van der Waals surface area contributed by atoms with Crippen molar-refractivity contribution in [2.24, 2.45) is 0 Å². The first-order chi connectivity index (χ1) is 15.1. The highest BCUT2D eigenvalue weighted by molar-refractivity contribution is 6.03. The van der Waals surface area contributed by atoms with Crippen molar-refractivity contribution in [2.75, 3.05) is 39.1 Å². The number of carbonyl (C=O) groups is 2. The van der Waals surface area contributed by atoms with Gasteiger partial charge in [-0.15, -0.1) is 0 Å². The summed E-state index contributed by atoms with van der Waals surface area (Å²) in [5.41, 5.74) is 0.348. The molecule has 2 aromatic carbocycles. The Morgan fingerprint density at radius 3 is 1.94 bits per heavy atom. The zero-order valence-corrected chi connectivity index (χ0v) is 17.6. The zero-order valence-electron chi connectivity index (χ0n) is 17.6.